The molecule has 0 radical (unpaired) electrons. The van der Waals surface area contributed by atoms with Gasteiger partial charge in [-0.15, -0.1) is 0 Å². The Morgan fingerprint density at radius 3 is 2.65 bits per heavy atom. The van der Waals surface area contributed by atoms with Crippen molar-refractivity contribution in [2.45, 2.75) is 63.2 Å². The van der Waals surface area contributed by atoms with Crippen LogP contribution in [0.2, 0.25) is 0 Å². The first-order valence-corrected chi connectivity index (χ1v) is 8.18. The van der Waals surface area contributed by atoms with Crippen molar-refractivity contribution in [3.8, 4) is 0 Å². The van der Waals surface area contributed by atoms with Gasteiger partial charge in [0.2, 0.25) is 0 Å². The van der Waals surface area contributed by atoms with E-state index in [1.165, 1.54) is 0 Å². The van der Waals surface area contributed by atoms with Gasteiger partial charge in [0.15, 0.2) is 5.78 Å². The fourth-order valence-electron chi connectivity index (χ4n) is 6.31. The van der Waals surface area contributed by atoms with E-state index in [1.807, 2.05) is 6.92 Å². The van der Waals surface area contributed by atoms with Gasteiger partial charge < -0.3 is 10.2 Å². The predicted octanol–water partition coefficient (Wildman–Crippen LogP) is 0.952. The lowest BCUT2D eigenvalue weighted by Crippen LogP contribution is -2.69. The van der Waals surface area contributed by atoms with Crippen LogP contribution >= 0.6 is 0 Å². The molecule has 2 saturated heterocycles. The van der Waals surface area contributed by atoms with Gasteiger partial charge in [-0.05, 0) is 51.1 Å². The number of rotatable bonds is 0. The van der Waals surface area contributed by atoms with Gasteiger partial charge in [0, 0.05) is 17.8 Å². The number of hydrogen-bond acceptors (Lipinski definition) is 4. The molecule has 0 aromatic rings. The quantitative estimate of drug-likeness (QED) is 0.693. The predicted molar refractivity (Wildman–Crippen MR) is 74.1 cm³/mol. The molecule has 4 aliphatic rings. The van der Waals surface area contributed by atoms with E-state index in [9.17, 15) is 15.0 Å². The Labute approximate surface area is 120 Å². The van der Waals surface area contributed by atoms with Gasteiger partial charge in [-0.1, -0.05) is 6.92 Å². The molecular formula is C16H25NO3. The summed E-state index contributed by atoms with van der Waals surface area (Å²) in [6.45, 7) is 3.97. The Bertz CT molecular complexity index is 453. The lowest BCUT2D eigenvalue weighted by atomic mass is 9.52. The molecule has 2 N–H and O–H groups in total. The van der Waals surface area contributed by atoms with Crippen molar-refractivity contribution in [3.05, 3.63) is 0 Å². The molecule has 2 aliphatic heterocycles. The number of ketones is 1. The number of hydrogen-bond donors (Lipinski definition) is 2. The third kappa shape index (κ3) is 1.23. The highest BCUT2D eigenvalue weighted by Gasteiger charge is 2.74. The fraction of sp³-hybridized carbons (Fsp3) is 0.938. The number of carbonyl (C=O) groups is 1. The maximum absolute atomic E-state index is 12.9. The van der Waals surface area contributed by atoms with Gasteiger partial charge in [-0.25, -0.2) is 0 Å². The third-order valence-corrected chi connectivity index (χ3v) is 7.01. The summed E-state index contributed by atoms with van der Waals surface area (Å²) in [6, 6.07) is 0. The zero-order valence-corrected chi connectivity index (χ0v) is 12.2. The van der Waals surface area contributed by atoms with Gasteiger partial charge in [-0.2, -0.15) is 0 Å². The van der Waals surface area contributed by atoms with Crippen LogP contribution in [0.4, 0.5) is 0 Å². The summed E-state index contributed by atoms with van der Waals surface area (Å²) < 4.78 is 0. The zero-order valence-electron chi connectivity index (χ0n) is 12.2. The maximum Gasteiger partial charge on any atom is 0.154 e. The van der Waals surface area contributed by atoms with Crippen LogP contribution in [-0.4, -0.2) is 51.7 Å². The topological polar surface area (TPSA) is 60.8 Å². The standard InChI is InChI=1S/C16H25NO3/c1-10-8-12(18)15-4-2-6-17-7-3-5-16(15,17)13(19)9-11(15)14(10)20/h10-12,14,18,20H,2-9H2,1H3/t10-,11?,12-,14-,15+,16-/m0/s1. The number of carbonyl (C=O) groups excluding carboxylic acids is 1. The van der Waals surface area contributed by atoms with Crippen LogP contribution in [0.3, 0.4) is 0 Å². The van der Waals surface area contributed by atoms with Gasteiger partial charge >= 0.3 is 0 Å². The highest BCUT2D eigenvalue weighted by Crippen LogP contribution is 2.65. The third-order valence-electron chi connectivity index (χ3n) is 7.01. The molecule has 0 aromatic carbocycles. The molecule has 2 saturated carbocycles. The van der Waals surface area contributed by atoms with Gasteiger partial charge in [0.25, 0.3) is 0 Å². The molecule has 2 spiro atoms. The first kappa shape index (κ1) is 13.2. The first-order chi connectivity index (χ1) is 9.54. The Morgan fingerprint density at radius 1 is 1.20 bits per heavy atom. The van der Waals surface area contributed by atoms with Crippen molar-refractivity contribution < 1.29 is 15.0 Å². The smallest absolute Gasteiger partial charge is 0.154 e. The number of aliphatic hydroxyl groups is 2. The minimum Gasteiger partial charge on any atom is -0.393 e. The Balaban J connectivity index is 1.88. The molecule has 20 heavy (non-hydrogen) atoms. The van der Waals surface area contributed by atoms with Crippen LogP contribution in [0.15, 0.2) is 0 Å². The highest BCUT2D eigenvalue weighted by molar-refractivity contribution is 5.93. The molecule has 4 nitrogen and oxygen atoms in total. The molecule has 2 aliphatic carbocycles. The van der Waals surface area contributed by atoms with Crippen molar-refractivity contribution in [3.63, 3.8) is 0 Å². The zero-order chi connectivity index (χ0) is 14.1. The summed E-state index contributed by atoms with van der Waals surface area (Å²) in [5, 5.41) is 21.6. The summed E-state index contributed by atoms with van der Waals surface area (Å²) >= 11 is 0. The summed E-state index contributed by atoms with van der Waals surface area (Å²) in [4.78, 5) is 15.3. The van der Waals surface area contributed by atoms with Crippen molar-refractivity contribution >= 4 is 5.78 Å². The molecule has 0 bridgehead atoms. The first-order valence-electron chi connectivity index (χ1n) is 8.18. The molecule has 0 amide bonds. The number of piperidine rings is 1. The van der Waals surface area contributed by atoms with E-state index in [-0.39, 0.29) is 17.3 Å². The SMILES string of the molecule is C[C@H]1C[C@H](O)[C@]23CCCN4CCC[C@@]42C(=O)CC3[C@H]1O. The monoisotopic (exact) mass is 279 g/mol. The Hall–Kier alpha value is -0.450. The molecule has 6 atom stereocenters. The molecule has 1 unspecified atom stereocenters. The Kier molecular flexibility index (Phi) is 2.68. The van der Waals surface area contributed by atoms with Gasteiger partial charge in [0.05, 0.1) is 17.7 Å². The van der Waals surface area contributed by atoms with E-state index >= 15 is 0 Å². The lowest BCUT2D eigenvalue weighted by molar-refractivity contribution is -0.186. The largest absolute Gasteiger partial charge is 0.393 e. The second-order valence-corrected chi connectivity index (χ2v) is 7.55. The molecular weight excluding hydrogens is 254 g/mol. The molecule has 4 fully saturated rings. The molecule has 4 rings (SSSR count). The van der Waals surface area contributed by atoms with E-state index in [0.29, 0.717) is 18.6 Å². The van der Waals surface area contributed by atoms with Gasteiger partial charge in [-0.3, -0.25) is 9.69 Å². The van der Waals surface area contributed by atoms with Crippen molar-refractivity contribution in [1.82, 2.24) is 4.90 Å². The van der Waals surface area contributed by atoms with E-state index in [4.69, 9.17) is 0 Å². The summed E-state index contributed by atoms with van der Waals surface area (Å²) in [7, 11) is 0. The van der Waals surface area contributed by atoms with Crippen LogP contribution in [0.1, 0.15) is 45.4 Å². The second-order valence-electron chi connectivity index (χ2n) is 7.55. The summed E-state index contributed by atoms with van der Waals surface area (Å²) in [5.41, 5.74) is -0.818. The minimum absolute atomic E-state index is 0.0327. The summed E-state index contributed by atoms with van der Waals surface area (Å²) in [6.07, 6.45) is 4.15. The molecule has 4 heteroatoms. The maximum atomic E-state index is 12.9. The summed E-state index contributed by atoms with van der Waals surface area (Å²) in [5.74, 6) is 0.363. The van der Waals surface area contributed by atoms with Crippen LogP contribution in [0.25, 0.3) is 0 Å². The number of nitrogens with zero attached hydrogens (tertiary/aromatic N) is 1. The van der Waals surface area contributed by atoms with Crippen LogP contribution in [-0.2, 0) is 4.79 Å². The highest BCUT2D eigenvalue weighted by atomic mass is 16.3. The van der Waals surface area contributed by atoms with E-state index in [1.54, 1.807) is 0 Å². The molecule has 112 valence electrons. The average molecular weight is 279 g/mol. The van der Waals surface area contributed by atoms with Crippen molar-refractivity contribution in [2.24, 2.45) is 17.3 Å². The van der Waals surface area contributed by atoms with E-state index < -0.39 is 17.7 Å². The second kappa shape index (κ2) is 4.05. The number of Topliss-reactive ketones (excluding diaryl/α,β-unsaturated/α-hetero) is 1. The Morgan fingerprint density at radius 2 is 1.90 bits per heavy atom. The lowest BCUT2D eigenvalue weighted by Gasteiger charge is -2.59. The van der Waals surface area contributed by atoms with Crippen molar-refractivity contribution in [2.75, 3.05) is 13.1 Å². The number of aliphatic hydroxyl groups excluding tert-OH is 2. The van der Waals surface area contributed by atoms with Crippen LogP contribution in [0.5, 0.6) is 0 Å². The van der Waals surface area contributed by atoms with Gasteiger partial charge in [0.1, 0.15) is 0 Å². The normalized spacial score (nSPS) is 55.5. The van der Waals surface area contributed by atoms with E-state index in [2.05, 4.69) is 4.90 Å². The van der Waals surface area contributed by atoms with E-state index in [0.717, 1.165) is 38.8 Å². The van der Waals surface area contributed by atoms with Crippen LogP contribution < -0.4 is 0 Å². The van der Waals surface area contributed by atoms with Crippen molar-refractivity contribution in [1.29, 1.82) is 0 Å². The molecule has 2 heterocycles. The molecule has 0 aromatic heterocycles. The minimum atomic E-state index is -0.448. The average Bonchev–Trinajstić information content (AvgIpc) is 2.96. The fourth-order valence-corrected chi connectivity index (χ4v) is 6.31. The van der Waals surface area contributed by atoms with Crippen LogP contribution in [0, 0.1) is 17.3 Å².